The summed E-state index contributed by atoms with van der Waals surface area (Å²) in [5.74, 6) is -1.15. The molecule has 0 aliphatic heterocycles. The second-order valence-corrected chi connectivity index (χ2v) is 7.52. The predicted molar refractivity (Wildman–Crippen MR) is 117 cm³/mol. The average molecular weight is 422 g/mol. The van der Waals surface area contributed by atoms with Crippen LogP contribution in [0.15, 0.2) is 53.6 Å². The van der Waals surface area contributed by atoms with E-state index in [1.165, 1.54) is 0 Å². The Bertz CT molecular complexity index is 926. The van der Waals surface area contributed by atoms with Crippen molar-refractivity contribution in [3.05, 3.63) is 70.1 Å². The van der Waals surface area contributed by atoms with E-state index in [9.17, 15) is 14.7 Å². The van der Waals surface area contributed by atoms with Crippen molar-refractivity contribution >= 4 is 12.1 Å². The van der Waals surface area contributed by atoms with Gasteiger partial charge in [-0.15, -0.1) is 0 Å². The highest BCUT2D eigenvalue weighted by Gasteiger charge is 2.29. The maximum absolute atomic E-state index is 12.3. The minimum atomic E-state index is -1.08. The number of unbranched alkanes of at least 4 members (excludes halogenated alkanes) is 3. The highest BCUT2D eigenvalue weighted by atomic mass is 16.5. The van der Waals surface area contributed by atoms with Crippen molar-refractivity contribution < 1.29 is 19.4 Å². The first-order chi connectivity index (χ1) is 15.1. The smallest absolute Gasteiger partial charge is 0.407 e. The number of carboxylic acid groups (broad SMARTS) is 1. The monoisotopic (exact) mass is 422 g/mol. The second-order valence-electron chi connectivity index (χ2n) is 7.52. The van der Waals surface area contributed by atoms with E-state index in [4.69, 9.17) is 10.3 Å². The minimum Gasteiger partial charge on any atom is -0.480 e. The molecule has 2 aromatic carbocycles. The molecule has 1 unspecified atom stereocenters. The van der Waals surface area contributed by atoms with Gasteiger partial charge >= 0.3 is 12.1 Å². The van der Waals surface area contributed by atoms with Gasteiger partial charge in [-0.05, 0) is 40.6 Å². The molecule has 31 heavy (non-hydrogen) atoms. The topological polar surface area (TPSA) is 124 Å². The number of aliphatic carboxylic acids is 1. The molecular formula is C23H26N4O4. The number of nitrogens with one attached hydrogen (secondary N) is 1. The number of hydrogen-bond donors (Lipinski definition) is 2. The molecule has 162 valence electrons. The van der Waals surface area contributed by atoms with Crippen LogP contribution in [-0.2, 0) is 9.53 Å². The van der Waals surface area contributed by atoms with Crippen LogP contribution in [0.5, 0.6) is 0 Å². The van der Waals surface area contributed by atoms with Gasteiger partial charge < -0.3 is 15.2 Å². The molecule has 0 aromatic heterocycles. The summed E-state index contributed by atoms with van der Waals surface area (Å²) in [5.41, 5.74) is 12.7. The Labute approximate surface area is 180 Å². The minimum absolute atomic E-state index is 0.0718. The van der Waals surface area contributed by atoms with Gasteiger partial charge in [-0.2, -0.15) is 0 Å². The number of rotatable bonds is 11. The Balaban J connectivity index is 1.50. The highest BCUT2D eigenvalue weighted by molar-refractivity contribution is 5.81. The van der Waals surface area contributed by atoms with Gasteiger partial charge in [-0.25, -0.2) is 9.59 Å². The molecule has 8 nitrogen and oxygen atoms in total. The summed E-state index contributed by atoms with van der Waals surface area (Å²) in [4.78, 5) is 26.5. The maximum Gasteiger partial charge on any atom is 0.407 e. The van der Waals surface area contributed by atoms with Crippen molar-refractivity contribution in [2.75, 3.05) is 13.2 Å². The van der Waals surface area contributed by atoms with E-state index in [-0.39, 0.29) is 12.5 Å². The average Bonchev–Trinajstić information content (AvgIpc) is 3.10. The number of benzene rings is 2. The standard InChI is InChI=1S/C23H26N4O4/c24-27-25-14-8-2-1-3-13-21(22(28)29)26-23(30)31-15-20-18-11-6-4-9-16(18)17-10-5-7-12-19(17)20/h4-7,9-12,20-21H,1-3,8,13-15H2,(H,26,30)(H,28,29). The van der Waals surface area contributed by atoms with Crippen molar-refractivity contribution in [1.29, 1.82) is 0 Å². The van der Waals surface area contributed by atoms with Crippen LogP contribution in [0.1, 0.15) is 49.1 Å². The van der Waals surface area contributed by atoms with Crippen molar-refractivity contribution in [3.63, 3.8) is 0 Å². The summed E-state index contributed by atoms with van der Waals surface area (Å²) in [7, 11) is 0. The van der Waals surface area contributed by atoms with Crippen molar-refractivity contribution in [2.45, 2.75) is 44.1 Å². The van der Waals surface area contributed by atoms with Gasteiger partial charge in [0, 0.05) is 17.4 Å². The molecule has 0 radical (unpaired) electrons. The van der Waals surface area contributed by atoms with E-state index in [2.05, 4.69) is 27.5 Å². The first-order valence-corrected chi connectivity index (χ1v) is 10.5. The first-order valence-electron chi connectivity index (χ1n) is 10.5. The van der Waals surface area contributed by atoms with Crippen LogP contribution in [0.2, 0.25) is 0 Å². The molecule has 0 bridgehead atoms. The van der Waals surface area contributed by atoms with E-state index >= 15 is 0 Å². The fourth-order valence-electron chi connectivity index (χ4n) is 3.97. The predicted octanol–water partition coefficient (Wildman–Crippen LogP) is 5.24. The summed E-state index contributed by atoms with van der Waals surface area (Å²) in [6, 6.07) is 15.1. The van der Waals surface area contributed by atoms with Gasteiger partial charge in [0.1, 0.15) is 12.6 Å². The Morgan fingerprint density at radius 1 is 1.03 bits per heavy atom. The Kier molecular flexibility index (Phi) is 7.90. The highest BCUT2D eigenvalue weighted by Crippen LogP contribution is 2.44. The van der Waals surface area contributed by atoms with Gasteiger partial charge in [0.25, 0.3) is 0 Å². The van der Waals surface area contributed by atoms with E-state index in [0.29, 0.717) is 19.4 Å². The number of carboxylic acids is 1. The van der Waals surface area contributed by atoms with E-state index in [1.54, 1.807) is 0 Å². The van der Waals surface area contributed by atoms with E-state index in [0.717, 1.165) is 41.5 Å². The summed E-state index contributed by atoms with van der Waals surface area (Å²) >= 11 is 0. The third-order valence-corrected chi connectivity index (χ3v) is 5.50. The van der Waals surface area contributed by atoms with Crippen molar-refractivity contribution in [1.82, 2.24) is 5.32 Å². The van der Waals surface area contributed by atoms with Crippen molar-refractivity contribution in [3.8, 4) is 11.1 Å². The van der Waals surface area contributed by atoms with E-state index in [1.807, 2.05) is 36.4 Å². The third-order valence-electron chi connectivity index (χ3n) is 5.50. The number of hydrogen-bond acceptors (Lipinski definition) is 4. The Morgan fingerprint density at radius 2 is 1.65 bits per heavy atom. The third kappa shape index (κ3) is 5.77. The lowest BCUT2D eigenvalue weighted by atomic mass is 9.98. The molecule has 8 heteroatoms. The van der Waals surface area contributed by atoms with Crippen LogP contribution in [0.4, 0.5) is 4.79 Å². The molecule has 0 saturated carbocycles. The number of carbonyl (C=O) groups excluding carboxylic acids is 1. The molecule has 0 fully saturated rings. The van der Waals surface area contributed by atoms with Crippen LogP contribution in [0.25, 0.3) is 21.6 Å². The molecule has 2 aromatic rings. The van der Waals surface area contributed by atoms with Gasteiger partial charge in [0.05, 0.1) is 0 Å². The van der Waals surface area contributed by atoms with E-state index < -0.39 is 18.1 Å². The fraction of sp³-hybridized carbons (Fsp3) is 0.391. The zero-order valence-corrected chi connectivity index (χ0v) is 17.2. The molecule has 0 saturated heterocycles. The lowest BCUT2D eigenvalue weighted by molar-refractivity contribution is -0.139. The quantitative estimate of drug-likeness (QED) is 0.222. The number of amides is 1. The molecule has 2 N–H and O–H groups in total. The zero-order valence-electron chi connectivity index (χ0n) is 17.2. The first kappa shape index (κ1) is 22.2. The second kappa shape index (κ2) is 11.0. The SMILES string of the molecule is [N-]=[N+]=NCCCCCCC(NC(=O)OCC1c2ccccc2-c2ccccc21)C(=O)O. The molecule has 1 aliphatic rings. The molecular weight excluding hydrogens is 396 g/mol. The number of ether oxygens (including phenoxy) is 1. The molecule has 1 amide bonds. The van der Waals surface area contributed by atoms with Gasteiger partial charge in [0.15, 0.2) is 0 Å². The lowest BCUT2D eigenvalue weighted by Crippen LogP contribution is -2.41. The largest absolute Gasteiger partial charge is 0.480 e. The maximum atomic E-state index is 12.3. The van der Waals surface area contributed by atoms with Crippen molar-refractivity contribution in [2.24, 2.45) is 5.11 Å². The van der Waals surface area contributed by atoms with Crippen LogP contribution in [0.3, 0.4) is 0 Å². The van der Waals surface area contributed by atoms with Gasteiger partial charge in [0.2, 0.25) is 0 Å². The summed E-state index contributed by atoms with van der Waals surface area (Å²) < 4.78 is 5.43. The Hall–Kier alpha value is -3.51. The van der Waals surface area contributed by atoms with Gasteiger partial charge in [-0.3, -0.25) is 0 Å². The number of azide groups is 1. The van der Waals surface area contributed by atoms with Crippen LogP contribution < -0.4 is 5.32 Å². The molecule has 0 spiro atoms. The molecule has 1 atom stereocenters. The number of carbonyl (C=O) groups is 2. The zero-order chi connectivity index (χ0) is 22.1. The van der Waals surface area contributed by atoms with Gasteiger partial charge in [-0.1, -0.05) is 72.9 Å². The Morgan fingerprint density at radius 3 is 2.26 bits per heavy atom. The fourth-order valence-corrected chi connectivity index (χ4v) is 3.97. The molecule has 1 aliphatic carbocycles. The van der Waals surface area contributed by atoms with Crippen LogP contribution in [-0.4, -0.2) is 36.4 Å². The molecule has 3 rings (SSSR count). The number of alkyl carbamates (subject to hydrolysis) is 1. The number of fused-ring (bicyclic) bond motifs is 3. The summed E-state index contributed by atoms with van der Waals surface area (Å²) in [6.45, 7) is 0.586. The normalized spacial score (nSPS) is 12.9. The van der Waals surface area contributed by atoms with Crippen LogP contribution in [0, 0.1) is 0 Å². The van der Waals surface area contributed by atoms with Crippen LogP contribution >= 0.6 is 0 Å². The summed E-state index contributed by atoms with van der Waals surface area (Å²) in [6.07, 6.45) is 2.66. The molecule has 0 heterocycles. The lowest BCUT2D eigenvalue weighted by Gasteiger charge is -2.17. The summed E-state index contributed by atoms with van der Waals surface area (Å²) in [5, 5.41) is 15.3. The number of nitrogens with zero attached hydrogens (tertiary/aromatic N) is 3.